The summed E-state index contributed by atoms with van der Waals surface area (Å²) in [6.07, 6.45) is 3.46. The maximum Gasteiger partial charge on any atom is 0.305 e. The second-order valence-corrected chi connectivity index (χ2v) is 5.85. The molecular formula is C16H19NO3. The topological polar surface area (TPSA) is 66.4 Å². The second-order valence-electron chi connectivity index (χ2n) is 5.85. The van der Waals surface area contributed by atoms with E-state index in [0.29, 0.717) is 11.8 Å². The van der Waals surface area contributed by atoms with E-state index in [2.05, 4.69) is 5.32 Å². The first-order chi connectivity index (χ1) is 9.66. The molecule has 2 saturated carbocycles. The number of rotatable bonds is 5. The van der Waals surface area contributed by atoms with Crippen LogP contribution < -0.4 is 5.32 Å². The number of hydrogen-bond acceptors (Lipinski definition) is 2. The molecule has 1 aromatic rings. The van der Waals surface area contributed by atoms with Gasteiger partial charge in [-0.1, -0.05) is 36.8 Å². The smallest absolute Gasteiger partial charge is 0.305 e. The second kappa shape index (κ2) is 5.27. The number of amides is 1. The number of fused-ring (bicyclic) bond motifs is 1. The van der Waals surface area contributed by atoms with Gasteiger partial charge in [-0.3, -0.25) is 9.59 Å². The van der Waals surface area contributed by atoms with Crippen LogP contribution in [0.1, 0.15) is 37.3 Å². The maximum atomic E-state index is 12.3. The molecule has 2 N–H and O–H groups in total. The number of aliphatic carboxylic acids is 1. The lowest BCUT2D eigenvalue weighted by atomic mass is 10.0. The molecule has 2 aliphatic rings. The van der Waals surface area contributed by atoms with Crippen LogP contribution in [0, 0.1) is 17.8 Å². The first-order valence-electron chi connectivity index (χ1n) is 7.24. The third kappa shape index (κ3) is 2.55. The van der Waals surface area contributed by atoms with Crippen LogP contribution in [-0.2, 0) is 9.59 Å². The Hall–Kier alpha value is -1.84. The highest BCUT2D eigenvalue weighted by atomic mass is 16.4. The molecule has 0 bridgehead atoms. The van der Waals surface area contributed by atoms with Crippen LogP contribution in [0.15, 0.2) is 30.3 Å². The van der Waals surface area contributed by atoms with Gasteiger partial charge in [-0.15, -0.1) is 0 Å². The lowest BCUT2D eigenvalue weighted by Gasteiger charge is -2.18. The number of nitrogens with one attached hydrogen (secondary N) is 1. The highest BCUT2D eigenvalue weighted by Crippen LogP contribution is 2.57. The summed E-state index contributed by atoms with van der Waals surface area (Å²) in [4.78, 5) is 23.3. The molecule has 1 aromatic carbocycles. The molecule has 0 saturated heterocycles. The molecule has 1 amide bonds. The van der Waals surface area contributed by atoms with Crippen LogP contribution in [0.3, 0.4) is 0 Å². The Morgan fingerprint density at radius 3 is 2.45 bits per heavy atom. The minimum absolute atomic E-state index is 0.0369. The summed E-state index contributed by atoms with van der Waals surface area (Å²) >= 11 is 0. The highest BCUT2D eigenvalue weighted by molar-refractivity contribution is 5.83. The maximum absolute atomic E-state index is 12.3. The van der Waals surface area contributed by atoms with Crippen molar-refractivity contribution in [1.82, 2.24) is 5.32 Å². The van der Waals surface area contributed by atoms with Crippen molar-refractivity contribution in [2.45, 2.75) is 31.7 Å². The van der Waals surface area contributed by atoms with Crippen molar-refractivity contribution >= 4 is 11.9 Å². The van der Waals surface area contributed by atoms with Crippen molar-refractivity contribution in [3.63, 3.8) is 0 Å². The van der Waals surface area contributed by atoms with Crippen LogP contribution in [0.2, 0.25) is 0 Å². The standard InChI is InChI=1S/C16H19NO3/c18-14(19)9-13(10-5-2-1-3-6-10)17-16(20)15-11-7-4-8-12(11)15/h1-3,5-6,11-13,15H,4,7-9H2,(H,17,20)(H,18,19). The van der Waals surface area contributed by atoms with Crippen molar-refractivity contribution < 1.29 is 14.7 Å². The molecule has 106 valence electrons. The van der Waals surface area contributed by atoms with E-state index in [4.69, 9.17) is 5.11 Å². The summed E-state index contributed by atoms with van der Waals surface area (Å²) < 4.78 is 0. The number of carbonyl (C=O) groups is 2. The molecule has 3 unspecified atom stereocenters. The Balaban J connectivity index is 1.67. The summed E-state index contributed by atoms with van der Waals surface area (Å²) in [5.41, 5.74) is 0.856. The van der Waals surface area contributed by atoms with Gasteiger partial charge in [0.05, 0.1) is 12.5 Å². The zero-order valence-electron chi connectivity index (χ0n) is 11.3. The van der Waals surface area contributed by atoms with Gasteiger partial charge in [0.2, 0.25) is 5.91 Å². The number of carboxylic acids is 1. The average Bonchev–Trinajstić information content (AvgIpc) is 2.92. The number of benzene rings is 1. The summed E-state index contributed by atoms with van der Waals surface area (Å²) in [7, 11) is 0. The molecule has 3 atom stereocenters. The van der Waals surface area contributed by atoms with Gasteiger partial charge in [0.1, 0.15) is 0 Å². The van der Waals surface area contributed by atoms with Gasteiger partial charge < -0.3 is 10.4 Å². The molecule has 4 nitrogen and oxygen atoms in total. The summed E-state index contributed by atoms with van der Waals surface area (Å²) in [6, 6.07) is 8.91. The first kappa shape index (κ1) is 13.2. The van der Waals surface area contributed by atoms with Crippen molar-refractivity contribution in [2.75, 3.05) is 0 Å². The quantitative estimate of drug-likeness (QED) is 0.865. The Bertz CT molecular complexity index is 504. The van der Waals surface area contributed by atoms with Crippen LogP contribution in [-0.4, -0.2) is 17.0 Å². The molecule has 2 aliphatic carbocycles. The van der Waals surface area contributed by atoms with Crippen molar-refractivity contribution in [1.29, 1.82) is 0 Å². The molecule has 0 aromatic heterocycles. The van der Waals surface area contributed by atoms with Crippen molar-refractivity contribution in [3.8, 4) is 0 Å². The van der Waals surface area contributed by atoms with E-state index in [1.54, 1.807) is 0 Å². The van der Waals surface area contributed by atoms with Crippen LogP contribution in [0.25, 0.3) is 0 Å². The first-order valence-corrected chi connectivity index (χ1v) is 7.24. The fraction of sp³-hybridized carbons (Fsp3) is 0.500. The third-order valence-corrected chi connectivity index (χ3v) is 4.61. The largest absolute Gasteiger partial charge is 0.481 e. The van der Waals surface area contributed by atoms with E-state index < -0.39 is 12.0 Å². The van der Waals surface area contributed by atoms with Crippen LogP contribution in [0.5, 0.6) is 0 Å². The average molecular weight is 273 g/mol. The van der Waals surface area contributed by atoms with E-state index in [1.807, 2.05) is 30.3 Å². The van der Waals surface area contributed by atoms with Gasteiger partial charge in [0, 0.05) is 5.92 Å². The third-order valence-electron chi connectivity index (χ3n) is 4.61. The Labute approximate surface area is 118 Å². The molecule has 2 fully saturated rings. The molecule has 0 aliphatic heterocycles. The minimum atomic E-state index is -0.893. The molecule has 0 radical (unpaired) electrons. The fourth-order valence-electron chi connectivity index (χ4n) is 3.59. The zero-order valence-corrected chi connectivity index (χ0v) is 11.3. The number of carbonyl (C=O) groups excluding carboxylic acids is 1. The van der Waals surface area contributed by atoms with E-state index in [9.17, 15) is 9.59 Å². The van der Waals surface area contributed by atoms with Crippen molar-refractivity contribution in [3.05, 3.63) is 35.9 Å². The molecular weight excluding hydrogens is 254 g/mol. The lowest BCUT2D eigenvalue weighted by molar-refractivity contribution is -0.137. The van der Waals surface area contributed by atoms with Gasteiger partial charge in [0.25, 0.3) is 0 Å². The van der Waals surface area contributed by atoms with E-state index in [0.717, 1.165) is 18.4 Å². The van der Waals surface area contributed by atoms with E-state index >= 15 is 0 Å². The molecule has 3 rings (SSSR count). The SMILES string of the molecule is O=C(O)CC(NC(=O)C1C2CCCC21)c1ccccc1. The number of hydrogen-bond donors (Lipinski definition) is 2. The predicted molar refractivity (Wildman–Crippen MR) is 73.9 cm³/mol. The van der Waals surface area contributed by atoms with Crippen LogP contribution in [0.4, 0.5) is 0 Å². The van der Waals surface area contributed by atoms with Crippen molar-refractivity contribution in [2.24, 2.45) is 17.8 Å². The summed E-state index contributed by atoms with van der Waals surface area (Å²) in [5.74, 6) is 0.376. The summed E-state index contributed by atoms with van der Waals surface area (Å²) in [5, 5.41) is 12.0. The Morgan fingerprint density at radius 1 is 1.20 bits per heavy atom. The summed E-state index contributed by atoms with van der Waals surface area (Å²) in [6.45, 7) is 0. The molecule has 0 heterocycles. The zero-order chi connectivity index (χ0) is 14.1. The molecule has 4 heteroatoms. The Kier molecular flexibility index (Phi) is 3.47. The molecule has 20 heavy (non-hydrogen) atoms. The van der Waals surface area contributed by atoms with Gasteiger partial charge in [-0.05, 0) is 30.2 Å². The van der Waals surface area contributed by atoms with E-state index in [1.165, 1.54) is 6.42 Å². The lowest BCUT2D eigenvalue weighted by Crippen LogP contribution is -2.32. The van der Waals surface area contributed by atoms with Gasteiger partial charge in [-0.25, -0.2) is 0 Å². The van der Waals surface area contributed by atoms with E-state index in [-0.39, 0.29) is 18.2 Å². The number of carboxylic acid groups (broad SMARTS) is 1. The normalized spacial score (nSPS) is 28.5. The highest BCUT2D eigenvalue weighted by Gasteiger charge is 2.56. The minimum Gasteiger partial charge on any atom is -0.481 e. The van der Waals surface area contributed by atoms with Gasteiger partial charge in [-0.2, -0.15) is 0 Å². The fourth-order valence-corrected chi connectivity index (χ4v) is 3.59. The van der Waals surface area contributed by atoms with Gasteiger partial charge >= 0.3 is 5.97 Å². The van der Waals surface area contributed by atoms with Crippen LogP contribution >= 0.6 is 0 Å². The Morgan fingerprint density at radius 2 is 1.85 bits per heavy atom. The molecule has 0 spiro atoms. The predicted octanol–water partition coefficient (Wildman–Crippen LogP) is 2.36. The monoisotopic (exact) mass is 273 g/mol. The van der Waals surface area contributed by atoms with Gasteiger partial charge in [0.15, 0.2) is 0 Å².